The van der Waals surface area contributed by atoms with Crippen LogP contribution in [0, 0.1) is 0 Å². The maximum atomic E-state index is 11.6. The molecule has 4 heteroatoms. The number of halogens is 1. The van der Waals surface area contributed by atoms with Gasteiger partial charge in [-0.25, -0.2) is 0 Å². The van der Waals surface area contributed by atoms with Gasteiger partial charge in [-0.15, -0.1) is 0 Å². The van der Waals surface area contributed by atoms with Crippen LogP contribution in [0.4, 0.5) is 0 Å². The van der Waals surface area contributed by atoms with Crippen molar-refractivity contribution in [2.75, 3.05) is 6.54 Å². The normalized spacial score (nSPS) is 12.2. The minimum Gasteiger partial charge on any atom is -0.348 e. The maximum Gasteiger partial charge on any atom is 0.252 e. The summed E-state index contributed by atoms with van der Waals surface area (Å²) in [5.74, 6) is -0.101. The van der Waals surface area contributed by atoms with Gasteiger partial charge < -0.3 is 11.1 Å². The molecule has 1 aromatic carbocycles. The largest absolute Gasteiger partial charge is 0.348 e. The van der Waals surface area contributed by atoms with E-state index in [0.29, 0.717) is 12.1 Å². The highest BCUT2D eigenvalue weighted by molar-refractivity contribution is 9.10. The standard InChI is InChI=1S/C10H13BrN2O/c1-7(6-12)13-10(14)8-4-2-3-5-9(8)11/h2-5,7H,6,12H2,1H3,(H,13,14)/t7-/m0/s1. The molecule has 0 spiro atoms. The highest BCUT2D eigenvalue weighted by atomic mass is 79.9. The van der Waals surface area contributed by atoms with Crippen molar-refractivity contribution in [3.63, 3.8) is 0 Å². The molecule has 0 radical (unpaired) electrons. The van der Waals surface area contributed by atoms with E-state index < -0.39 is 0 Å². The quantitative estimate of drug-likeness (QED) is 0.862. The summed E-state index contributed by atoms with van der Waals surface area (Å²) in [5, 5.41) is 2.79. The van der Waals surface area contributed by atoms with Crippen molar-refractivity contribution in [1.82, 2.24) is 5.32 Å². The van der Waals surface area contributed by atoms with Gasteiger partial charge in [0.15, 0.2) is 0 Å². The smallest absolute Gasteiger partial charge is 0.252 e. The van der Waals surface area contributed by atoms with Gasteiger partial charge in [0.2, 0.25) is 0 Å². The lowest BCUT2D eigenvalue weighted by Crippen LogP contribution is -2.37. The van der Waals surface area contributed by atoms with Crippen LogP contribution in [0.1, 0.15) is 17.3 Å². The van der Waals surface area contributed by atoms with Crippen LogP contribution in [0.3, 0.4) is 0 Å². The van der Waals surface area contributed by atoms with Crippen LogP contribution >= 0.6 is 15.9 Å². The Morgan fingerprint density at radius 3 is 2.79 bits per heavy atom. The number of amides is 1. The van der Waals surface area contributed by atoms with Gasteiger partial charge in [-0.2, -0.15) is 0 Å². The maximum absolute atomic E-state index is 11.6. The minimum atomic E-state index is -0.101. The van der Waals surface area contributed by atoms with E-state index in [1.54, 1.807) is 6.07 Å². The summed E-state index contributed by atoms with van der Waals surface area (Å²) >= 11 is 3.32. The number of carbonyl (C=O) groups is 1. The van der Waals surface area contributed by atoms with Gasteiger partial charge in [-0.3, -0.25) is 4.79 Å². The van der Waals surface area contributed by atoms with E-state index in [2.05, 4.69) is 21.2 Å². The first kappa shape index (κ1) is 11.2. The first-order chi connectivity index (χ1) is 6.65. The van der Waals surface area contributed by atoms with Crippen LogP contribution in [-0.2, 0) is 0 Å². The van der Waals surface area contributed by atoms with Gasteiger partial charge in [0.1, 0.15) is 0 Å². The fraction of sp³-hybridized carbons (Fsp3) is 0.300. The number of hydrogen-bond donors (Lipinski definition) is 2. The van der Waals surface area contributed by atoms with Crippen molar-refractivity contribution in [3.05, 3.63) is 34.3 Å². The second-order valence-corrected chi connectivity index (χ2v) is 3.94. The monoisotopic (exact) mass is 256 g/mol. The molecule has 3 N–H and O–H groups in total. The van der Waals surface area contributed by atoms with E-state index in [0.717, 1.165) is 4.47 Å². The van der Waals surface area contributed by atoms with Crippen LogP contribution in [0.25, 0.3) is 0 Å². The number of nitrogens with two attached hydrogens (primary N) is 1. The summed E-state index contributed by atoms with van der Waals surface area (Å²) in [6.45, 7) is 2.31. The molecule has 0 saturated carbocycles. The summed E-state index contributed by atoms with van der Waals surface area (Å²) in [4.78, 5) is 11.6. The van der Waals surface area contributed by atoms with Crippen molar-refractivity contribution in [3.8, 4) is 0 Å². The van der Waals surface area contributed by atoms with Crippen molar-refractivity contribution in [1.29, 1.82) is 0 Å². The molecular formula is C10H13BrN2O. The first-order valence-corrected chi connectivity index (χ1v) is 5.20. The zero-order chi connectivity index (χ0) is 10.6. The third-order valence-electron chi connectivity index (χ3n) is 1.85. The lowest BCUT2D eigenvalue weighted by molar-refractivity contribution is 0.0940. The summed E-state index contributed by atoms with van der Waals surface area (Å²) < 4.78 is 0.793. The summed E-state index contributed by atoms with van der Waals surface area (Å²) in [6, 6.07) is 7.29. The average Bonchev–Trinajstić information content (AvgIpc) is 2.18. The van der Waals surface area contributed by atoms with Crippen molar-refractivity contribution < 1.29 is 4.79 Å². The Morgan fingerprint density at radius 2 is 2.21 bits per heavy atom. The highest BCUT2D eigenvalue weighted by Crippen LogP contribution is 2.15. The van der Waals surface area contributed by atoms with Gasteiger partial charge in [0, 0.05) is 17.1 Å². The van der Waals surface area contributed by atoms with Crippen molar-refractivity contribution >= 4 is 21.8 Å². The predicted octanol–water partition coefficient (Wildman–Crippen LogP) is 1.53. The van der Waals surface area contributed by atoms with E-state index in [4.69, 9.17) is 5.73 Å². The van der Waals surface area contributed by atoms with Gasteiger partial charge in [-0.05, 0) is 35.0 Å². The van der Waals surface area contributed by atoms with Crippen LogP contribution in [-0.4, -0.2) is 18.5 Å². The molecule has 0 fully saturated rings. The molecule has 0 saturated heterocycles. The van der Waals surface area contributed by atoms with Gasteiger partial charge >= 0.3 is 0 Å². The second-order valence-electron chi connectivity index (χ2n) is 3.09. The molecule has 3 nitrogen and oxygen atoms in total. The molecule has 0 bridgehead atoms. The van der Waals surface area contributed by atoms with Crippen LogP contribution < -0.4 is 11.1 Å². The molecule has 0 aliphatic rings. The Hall–Kier alpha value is -0.870. The Labute approximate surface area is 91.8 Å². The van der Waals surface area contributed by atoms with Crippen LogP contribution in [0.2, 0.25) is 0 Å². The van der Waals surface area contributed by atoms with E-state index in [9.17, 15) is 4.79 Å². The zero-order valence-corrected chi connectivity index (χ0v) is 9.54. The van der Waals surface area contributed by atoms with Gasteiger partial charge in [0.05, 0.1) is 5.56 Å². The fourth-order valence-corrected chi connectivity index (χ4v) is 1.47. The molecule has 0 aromatic heterocycles. The molecule has 1 amide bonds. The van der Waals surface area contributed by atoms with Crippen LogP contribution in [0.5, 0.6) is 0 Å². The van der Waals surface area contributed by atoms with E-state index in [-0.39, 0.29) is 11.9 Å². The summed E-state index contributed by atoms with van der Waals surface area (Å²) in [7, 11) is 0. The lowest BCUT2D eigenvalue weighted by atomic mass is 10.2. The number of hydrogen-bond acceptors (Lipinski definition) is 2. The molecule has 0 aliphatic heterocycles. The van der Waals surface area contributed by atoms with Crippen molar-refractivity contribution in [2.24, 2.45) is 5.73 Å². The van der Waals surface area contributed by atoms with E-state index in [1.807, 2.05) is 25.1 Å². The Balaban J connectivity index is 2.75. The molecule has 1 rings (SSSR count). The Kier molecular flexibility index (Phi) is 4.10. The van der Waals surface area contributed by atoms with E-state index >= 15 is 0 Å². The molecule has 1 atom stereocenters. The number of benzene rings is 1. The summed E-state index contributed by atoms with van der Waals surface area (Å²) in [5.41, 5.74) is 6.04. The number of carbonyl (C=O) groups excluding carboxylic acids is 1. The summed E-state index contributed by atoms with van der Waals surface area (Å²) in [6.07, 6.45) is 0. The average molecular weight is 257 g/mol. The molecular weight excluding hydrogens is 244 g/mol. The Morgan fingerprint density at radius 1 is 1.57 bits per heavy atom. The van der Waals surface area contributed by atoms with Crippen molar-refractivity contribution in [2.45, 2.75) is 13.0 Å². The van der Waals surface area contributed by atoms with Crippen LogP contribution in [0.15, 0.2) is 28.7 Å². The molecule has 14 heavy (non-hydrogen) atoms. The van der Waals surface area contributed by atoms with Gasteiger partial charge in [-0.1, -0.05) is 12.1 Å². The molecule has 0 unspecified atom stereocenters. The number of rotatable bonds is 3. The molecule has 76 valence electrons. The molecule has 0 heterocycles. The first-order valence-electron chi connectivity index (χ1n) is 4.40. The molecule has 0 aliphatic carbocycles. The topological polar surface area (TPSA) is 55.1 Å². The highest BCUT2D eigenvalue weighted by Gasteiger charge is 2.10. The predicted molar refractivity (Wildman–Crippen MR) is 60.1 cm³/mol. The Bertz CT molecular complexity index is 328. The minimum absolute atomic E-state index is 0.00499. The second kappa shape index (κ2) is 5.12. The molecule has 1 aromatic rings. The fourth-order valence-electron chi connectivity index (χ4n) is 1.01. The lowest BCUT2D eigenvalue weighted by Gasteiger charge is -2.11. The van der Waals surface area contributed by atoms with E-state index in [1.165, 1.54) is 0 Å². The SMILES string of the molecule is C[C@@H](CN)NC(=O)c1ccccc1Br. The third-order valence-corrected chi connectivity index (χ3v) is 2.54. The zero-order valence-electron chi connectivity index (χ0n) is 7.96. The number of nitrogens with one attached hydrogen (secondary N) is 1. The van der Waals surface area contributed by atoms with Gasteiger partial charge in [0.25, 0.3) is 5.91 Å². The third kappa shape index (κ3) is 2.82.